The van der Waals surface area contributed by atoms with E-state index in [1.54, 1.807) is 7.11 Å². The van der Waals surface area contributed by atoms with Crippen LogP contribution in [-0.2, 0) is 6.42 Å². The van der Waals surface area contributed by atoms with Crippen molar-refractivity contribution < 1.29 is 9.53 Å². The Kier molecular flexibility index (Phi) is 3.10. The van der Waals surface area contributed by atoms with Crippen molar-refractivity contribution >= 4 is 22.1 Å². The summed E-state index contributed by atoms with van der Waals surface area (Å²) in [6, 6.07) is 6.04. The topological polar surface area (TPSA) is 52.3 Å². The third-order valence-electron chi connectivity index (χ3n) is 3.85. The van der Waals surface area contributed by atoms with Gasteiger partial charge in [-0.15, -0.1) is 11.3 Å². The highest BCUT2D eigenvalue weighted by Gasteiger charge is 2.34. The number of nitrogens with two attached hydrogens (primary N) is 1. The molecule has 0 spiro atoms. The zero-order chi connectivity index (χ0) is 15.4. The summed E-state index contributed by atoms with van der Waals surface area (Å²) in [4.78, 5) is 14.0. The lowest BCUT2D eigenvalue weighted by Gasteiger charge is -2.17. The summed E-state index contributed by atoms with van der Waals surface area (Å²) in [5.41, 5.74) is 9.74. The number of methoxy groups -OCH3 is 1. The minimum atomic E-state index is -0.440. The molecule has 3 nitrogen and oxygen atoms in total. The van der Waals surface area contributed by atoms with Crippen molar-refractivity contribution in [3.8, 4) is 16.9 Å². The van der Waals surface area contributed by atoms with E-state index in [2.05, 4.69) is 6.07 Å². The van der Waals surface area contributed by atoms with Gasteiger partial charge in [-0.05, 0) is 23.3 Å². The number of carbonyl (C=O) groups is 1. The Morgan fingerprint density at radius 1 is 1.33 bits per heavy atom. The molecule has 0 bridgehead atoms. The maximum Gasteiger partial charge on any atom is 0.171 e. The van der Waals surface area contributed by atoms with Gasteiger partial charge in [-0.3, -0.25) is 4.79 Å². The summed E-state index contributed by atoms with van der Waals surface area (Å²) in [5.74, 6) is 0.911. The summed E-state index contributed by atoms with van der Waals surface area (Å²) < 4.78 is 5.32. The average Bonchev–Trinajstić information content (AvgIpc) is 2.90. The molecule has 2 aromatic rings. The fraction of sp³-hybridized carbons (Fsp3) is 0.353. The van der Waals surface area contributed by atoms with Gasteiger partial charge in [0.05, 0.1) is 17.7 Å². The molecule has 1 heterocycles. The number of ether oxygens (including phenoxy) is 1. The molecule has 1 aromatic carbocycles. The zero-order valence-corrected chi connectivity index (χ0v) is 13.6. The fourth-order valence-corrected chi connectivity index (χ4v) is 3.85. The van der Waals surface area contributed by atoms with Crippen LogP contribution in [0.5, 0.6) is 5.75 Å². The molecule has 21 heavy (non-hydrogen) atoms. The van der Waals surface area contributed by atoms with Crippen LogP contribution in [0, 0.1) is 5.41 Å². The molecule has 3 rings (SSSR count). The molecule has 0 unspecified atom stereocenters. The van der Waals surface area contributed by atoms with Crippen LogP contribution in [-0.4, -0.2) is 12.9 Å². The quantitative estimate of drug-likeness (QED) is 0.724. The molecular formula is C17H19NO2S. The summed E-state index contributed by atoms with van der Waals surface area (Å²) >= 11 is 1.53. The Morgan fingerprint density at radius 3 is 2.67 bits per heavy atom. The van der Waals surface area contributed by atoms with Gasteiger partial charge < -0.3 is 10.5 Å². The van der Waals surface area contributed by atoms with Crippen molar-refractivity contribution in [2.24, 2.45) is 5.41 Å². The Hall–Kier alpha value is -1.81. The van der Waals surface area contributed by atoms with E-state index < -0.39 is 5.41 Å². The number of Topliss-reactive ketones (excluding diaryl/α,β-unsaturated/α-hetero) is 1. The summed E-state index contributed by atoms with van der Waals surface area (Å²) in [7, 11) is 1.65. The van der Waals surface area contributed by atoms with Gasteiger partial charge in [0, 0.05) is 22.3 Å². The maximum atomic E-state index is 12.8. The summed E-state index contributed by atoms with van der Waals surface area (Å²) in [6.07, 6.45) is 0.848. The number of nitrogen functional groups attached to an aromatic ring is 1. The van der Waals surface area contributed by atoms with Crippen LogP contribution in [0.2, 0.25) is 0 Å². The first-order valence-corrected chi connectivity index (χ1v) is 7.78. The predicted molar refractivity (Wildman–Crippen MR) is 87.3 cm³/mol. The normalized spacial score (nSPS) is 13.0. The minimum Gasteiger partial charge on any atom is -0.497 e. The zero-order valence-electron chi connectivity index (χ0n) is 12.7. The highest BCUT2D eigenvalue weighted by molar-refractivity contribution is 7.17. The Balaban J connectivity index is 2.22. The number of carbonyl (C=O) groups excluding carboxylic acids is 1. The van der Waals surface area contributed by atoms with Gasteiger partial charge in [0.15, 0.2) is 5.78 Å². The number of fused-ring (bicyclic) bond motifs is 3. The van der Waals surface area contributed by atoms with Crippen molar-refractivity contribution in [3.63, 3.8) is 0 Å². The van der Waals surface area contributed by atoms with Crippen molar-refractivity contribution in [1.82, 2.24) is 0 Å². The molecule has 0 atom stereocenters. The van der Waals surface area contributed by atoms with E-state index in [-0.39, 0.29) is 5.78 Å². The number of anilines is 1. The van der Waals surface area contributed by atoms with E-state index in [9.17, 15) is 4.79 Å². The predicted octanol–water partition coefficient (Wildman–Crippen LogP) is 4.14. The van der Waals surface area contributed by atoms with Gasteiger partial charge in [-0.25, -0.2) is 0 Å². The number of benzene rings is 1. The molecule has 1 aromatic heterocycles. The lowest BCUT2D eigenvalue weighted by atomic mass is 9.85. The van der Waals surface area contributed by atoms with Crippen molar-refractivity contribution in [2.45, 2.75) is 27.2 Å². The van der Waals surface area contributed by atoms with E-state index in [0.29, 0.717) is 10.6 Å². The first kappa shape index (κ1) is 14.1. The molecule has 0 saturated heterocycles. The van der Waals surface area contributed by atoms with Gasteiger partial charge in [-0.2, -0.15) is 0 Å². The second kappa shape index (κ2) is 4.60. The van der Waals surface area contributed by atoms with Gasteiger partial charge in [-0.1, -0.05) is 26.8 Å². The molecule has 0 aliphatic heterocycles. The number of ketones is 1. The number of rotatable bonds is 2. The molecule has 110 valence electrons. The molecule has 1 aliphatic rings. The van der Waals surface area contributed by atoms with Crippen molar-refractivity contribution in [3.05, 3.63) is 34.2 Å². The van der Waals surface area contributed by atoms with Crippen LogP contribution in [0.3, 0.4) is 0 Å². The van der Waals surface area contributed by atoms with Crippen LogP contribution in [0.15, 0.2) is 18.2 Å². The standard InChI is InChI=1S/C17H19NO2S/c1-17(2,3)15(19)14-13-11-8-10(20-4)6-5-9(11)7-12(13)21-16(14)18/h5-6,8H,7,18H2,1-4H3. The molecule has 2 N–H and O–H groups in total. The molecule has 1 aliphatic carbocycles. The first-order chi connectivity index (χ1) is 9.82. The van der Waals surface area contributed by atoms with E-state index in [4.69, 9.17) is 10.5 Å². The van der Waals surface area contributed by atoms with E-state index in [1.807, 2.05) is 32.9 Å². The molecule has 4 heteroatoms. The summed E-state index contributed by atoms with van der Waals surface area (Å²) in [5, 5.41) is 0.633. The van der Waals surface area contributed by atoms with E-state index >= 15 is 0 Å². The molecular weight excluding hydrogens is 282 g/mol. The van der Waals surface area contributed by atoms with Crippen LogP contribution in [0.1, 0.15) is 41.6 Å². The smallest absolute Gasteiger partial charge is 0.171 e. The Bertz CT molecular complexity index is 738. The average molecular weight is 301 g/mol. The fourth-order valence-electron chi connectivity index (χ4n) is 2.75. The maximum absolute atomic E-state index is 12.8. The van der Waals surface area contributed by atoms with Crippen LogP contribution in [0.25, 0.3) is 11.1 Å². The lowest BCUT2D eigenvalue weighted by Crippen LogP contribution is -2.21. The second-order valence-electron chi connectivity index (χ2n) is 6.42. The summed E-state index contributed by atoms with van der Waals surface area (Å²) in [6.45, 7) is 5.79. The van der Waals surface area contributed by atoms with Crippen molar-refractivity contribution in [1.29, 1.82) is 0 Å². The van der Waals surface area contributed by atoms with E-state index in [0.717, 1.165) is 23.3 Å². The third-order valence-corrected chi connectivity index (χ3v) is 4.87. The second-order valence-corrected chi connectivity index (χ2v) is 7.56. The van der Waals surface area contributed by atoms with E-state index in [1.165, 1.54) is 21.8 Å². The van der Waals surface area contributed by atoms with Crippen molar-refractivity contribution in [2.75, 3.05) is 12.8 Å². The molecule has 0 amide bonds. The van der Waals surface area contributed by atoms with Gasteiger partial charge in [0.25, 0.3) is 0 Å². The largest absolute Gasteiger partial charge is 0.497 e. The number of thiophene rings is 1. The van der Waals surface area contributed by atoms with Gasteiger partial charge in [0.2, 0.25) is 0 Å². The monoisotopic (exact) mass is 301 g/mol. The van der Waals surface area contributed by atoms with Gasteiger partial charge in [0.1, 0.15) is 5.75 Å². The first-order valence-electron chi connectivity index (χ1n) is 6.96. The van der Waals surface area contributed by atoms with Crippen LogP contribution in [0.4, 0.5) is 5.00 Å². The minimum absolute atomic E-state index is 0.105. The highest BCUT2D eigenvalue weighted by Crippen LogP contribution is 2.48. The SMILES string of the molecule is COc1ccc2c(c1)-c1c(sc(N)c1C(=O)C(C)(C)C)C2. The highest BCUT2D eigenvalue weighted by atomic mass is 32.1. The Morgan fingerprint density at radius 2 is 2.05 bits per heavy atom. The molecule has 0 radical (unpaired) electrons. The number of hydrogen-bond acceptors (Lipinski definition) is 4. The number of hydrogen-bond donors (Lipinski definition) is 1. The molecule has 0 fully saturated rings. The lowest BCUT2D eigenvalue weighted by molar-refractivity contribution is 0.0860. The van der Waals surface area contributed by atoms with Crippen LogP contribution >= 0.6 is 11.3 Å². The molecule has 0 saturated carbocycles. The Labute approximate surface area is 128 Å². The third kappa shape index (κ3) is 2.14. The van der Waals surface area contributed by atoms with Gasteiger partial charge >= 0.3 is 0 Å². The van der Waals surface area contributed by atoms with Crippen LogP contribution < -0.4 is 10.5 Å².